The highest BCUT2D eigenvalue weighted by Gasteiger charge is 2.17. The van der Waals surface area contributed by atoms with Crippen LogP contribution in [0.4, 0.5) is 0 Å². The van der Waals surface area contributed by atoms with Gasteiger partial charge in [0.1, 0.15) is 11.5 Å². The van der Waals surface area contributed by atoms with Gasteiger partial charge in [-0.05, 0) is 48.9 Å². The maximum atomic E-state index is 12.4. The number of nitrogens with one attached hydrogen (secondary N) is 1. The normalized spacial score (nSPS) is 11.0. The average Bonchev–Trinajstić information content (AvgIpc) is 3.27. The SMILES string of the molecule is COc1ccc(-n2c(SCC(=O)N/N=C/c3cccc(O)c3)nnc2-c2ccc(C)cc2)cc1. The van der Waals surface area contributed by atoms with Crippen molar-refractivity contribution < 1.29 is 14.6 Å². The minimum absolute atomic E-state index is 0.0968. The van der Waals surface area contributed by atoms with Crippen molar-refractivity contribution in [2.45, 2.75) is 12.1 Å². The van der Waals surface area contributed by atoms with E-state index in [9.17, 15) is 9.90 Å². The molecule has 1 amide bonds. The monoisotopic (exact) mass is 473 g/mol. The van der Waals surface area contributed by atoms with E-state index in [1.165, 1.54) is 18.0 Å². The number of ether oxygens (including phenoxy) is 1. The molecular weight excluding hydrogens is 450 g/mol. The maximum Gasteiger partial charge on any atom is 0.250 e. The molecular formula is C25H23N5O3S. The van der Waals surface area contributed by atoms with Crippen molar-refractivity contribution in [3.63, 3.8) is 0 Å². The Balaban J connectivity index is 1.52. The third kappa shape index (κ3) is 5.62. The topological polar surface area (TPSA) is 102 Å². The van der Waals surface area contributed by atoms with Gasteiger partial charge in [-0.15, -0.1) is 10.2 Å². The average molecular weight is 474 g/mol. The number of carbonyl (C=O) groups is 1. The number of thioether (sulfide) groups is 1. The minimum Gasteiger partial charge on any atom is -0.508 e. The number of rotatable bonds is 8. The van der Waals surface area contributed by atoms with Crippen molar-refractivity contribution >= 4 is 23.9 Å². The molecule has 0 atom stereocenters. The number of amides is 1. The van der Waals surface area contributed by atoms with E-state index in [1.807, 2.05) is 60.0 Å². The highest BCUT2D eigenvalue weighted by Crippen LogP contribution is 2.29. The molecule has 0 radical (unpaired) electrons. The van der Waals surface area contributed by atoms with Gasteiger partial charge in [0.25, 0.3) is 5.91 Å². The van der Waals surface area contributed by atoms with Crippen LogP contribution < -0.4 is 10.2 Å². The first kappa shape index (κ1) is 23.1. The lowest BCUT2D eigenvalue weighted by Crippen LogP contribution is -2.20. The highest BCUT2D eigenvalue weighted by molar-refractivity contribution is 7.99. The van der Waals surface area contributed by atoms with E-state index in [4.69, 9.17) is 4.74 Å². The number of phenolic OH excluding ortho intramolecular Hbond substituents is 1. The summed E-state index contributed by atoms with van der Waals surface area (Å²) in [4.78, 5) is 12.4. The van der Waals surface area contributed by atoms with Crippen molar-refractivity contribution in [2.24, 2.45) is 5.10 Å². The van der Waals surface area contributed by atoms with Crippen molar-refractivity contribution in [1.82, 2.24) is 20.2 Å². The van der Waals surface area contributed by atoms with Crippen LogP contribution in [0.3, 0.4) is 0 Å². The third-order valence-corrected chi connectivity index (χ3v) is 5.81. The summed E-state index contributed by atoms with van der Waals surface area (Å²) >= 11 is 1.26. The Morgan fingerprint density at radius 2 is 1.88 bits per heavy atom. The Hall–Kier alpha value is -4.11. The van der Waals surface area contributed by atoms with E-state index in [0.29, 0.717) is 16.5 Å². The number of aromatic hydroxyl groups is 1. The van der Waals surface area contributed by atoms with Gasteiger partial charge in [0.2, 0.25) is 0 Å². The fraction of sp³-hybridized carbons (Fsp3) is 0.120. The molecule has 0 aliphatic carbocycles. The van der Waals surface area contributed by atoms with Crippen LogP contribution in [-0.2, 0) is 4.79 Å². The Bertz CT molecular complexity index is 1300. The van der Waals surface area contributed by atoms with Crippen LogP contribution >= 0.6 is 11.8 Å². The molecule has 4 aromatic rings. The Morgan fingerprint density at radius 1 is 1.12 bits per heavy atom. The van der Waals surface area contributed by atoms with Crippen LogP contribution in [0.25, 0.3) is 17.1 Å². The molecule has 172 valence electrons. The van der Waals surface area contributed by atoms with Gasteiger partial charge in [0, 0.05) is 11.3 Å². The zero-order valence-corrected chi connectivity index (χ0v) is 19.5. The molecule has 0 unspecified atom stereocenters. The lowest BCUT2D eigenvalue weighted by Gasteiger charge is -2.11. The number of hydrazone groups is 1. The summed E-state index contributed by atoms with van der Waals surface area (Å²) in [5, 5.41) is 22.8. The molecule has 2 N–H and O–H groups in total. The van der Waals surface area contributed by atoms with E-state index in [2.05, 4.69) is 20.7 Å². The Kier molecular flexibility index (Phi) is 7.24. The molecule has 1 aromatic heterocycles. The summed E-state index contributed by atoms with van der Waals surface area (Å²) in [5.41, 5.74) is 6.09. The number of hydrogen-bond acceptors (Lipinski definition) is 7. The molecule has 0 aliphatic rings. The Labute approximate surface area is 201 Å². The molecule has 9 heteroatoms. The molecule has 8 nitrogen and oxygen atoms in total. The Morgan fingerprint density at radius 3 is 2.59 bits per heavy atom. The number of nitrogens with zero attached hydrogens (tertiary/aromatic N) is 4. The second-order valence-corrected chi connectivity index (χ2v) is 8.32. The van der Waals surface area contributed by atoms with Gasteiger partial charge in [-0.2, -0.15) is 5.10 Å². The molecule has 3 aromatic carbocycles. The molecule has 0 spiro atoms. The summed E-state index contributed by atoms with van der Waals surface area (Å²) in [6.07, 6.45) is 1.47. The van der Waals surface area contributed by atoms with Crippen molar-refractivity contribution in [3.8, 4) is 28.6 Å². The van der Waals surface area contributed by atoms with Crippen LogP contribution in [0.5, 0.6) is 11.5 Å². The number of carbonyl (C=O) groups excluding carboxylic acids is 1. The van der Waals surface area contributed by atoms with Crippen LogP contribution in [0.2, 0.25) is 0 Å². The van der Waals surface area contributed by atoms with Crippen LogP contribution in [0, 0.1) is 6.92 Å². The number of aryl methyl sites for hydroxylation is 1. The van der Waals surface area contributed by atoms with Crippen LogP contribution in [-0.4, -0.2) is 44.9 Å². The standard InChI is InChI=1S/C25H23N5O3S/c1-17-6-8-19(9-7-17)24-28-29-25(30(24)20-10-12-22(33-2)13-11-20)34-16-23(32)27-26-15-18-4-3-5-21(31)14-18/h3-15,31H,16H2,1-2H3,(H,27,32)/b26-15+. The summed E-state index contributed by atoms with van der Waals surface area (Å²) in [7, 11) is 1.62. The van der Waals surface area contributed by atoms with Gasteiger partial charge in [-0.3, -0.25) is 9.36 Å². The van der Waals surface area contributed by atoms with Crippen molar-refractivity contribution in [2.75, 3.05) is 12.9 Å². The van der Waals surface area contributed by atoms with Gasteiger partial charge < -0.3 is 9.84 Å². The van der Waals surface area contributed by atoms with Crippen LogP contribution in [0.1, 0.15) is 11.1 Å². The third-order valence-electron chi connectivity index (χ3n) is 4.88. The number of benzene rings is 3. The molecule has 0 aliphatic heterocycles. The second-order valence-electron chi connectivity index (χ2n) is 7.38. The molecule has 4 rings (SSSR count). The first-order valence-corrected chi connectivity index (χ1v) is 11.4. The molecule has 1 heterocycles. The van der Waals surface area contributed by atoms with E-state index in [-0.39, 0.29) is 17.4 Å². The van der Waals surface area contributed by atoms with Gasteiger partial charge in [0.05, 0.1) is 19.1 Å². The van der Waals surface area contributed by atoms with Gasteiger partial charge in [0.15, 0.2) is 11.0 Å². The van der Waals surface area contributed by atoms with E-state index < -0.39 is 0 Å². The molecule has 0 saturated heterocycles. The second kappa shape index (κ2) is 10.7. The fourth-order valence-electron chi connectivity index (χ4n) is 3.16. The lowest BCUT2D eigenvalue weighted by atomic mass is 10.1. The van der Waals surface area contributed by atoms with Gasteiger partial charge >= 0.3 is 0 Å². The first-order chi connectivity index (χ1) is 16.5. The lowest BCUT2D eigenvalue weighted by molar-refractivity contribution is -0.118. The molecule has 0 fully saturated rings. The number of aromatic nitrogens is 3. The zero-order chi connectivity index (χ0) is 23.9. The predicted molar refractivity (Wildman–Crippen MR) is 133 cm³/mol. The smallest absolute Gasteiger partial charge is 0.250 e. The van der Waals surface area contributed by atoms with Crippen molar-refractivity contribution in [1.29, 1.82) is 0 Å². The van der Waals surface area contributed by atoms with Crippen LogP contribution in [0.15, 0.2) is 83.1 Å². The predicted octanol–water partition coefficient (Wildman–Crippen LogP) is 4.20. The maximum absolute atomic E-state index is 12.4. The molecule has 0 saturated carbocycles. The molecule has 34 heavy (non-hydrogen) atoms. The number of phenols is 1. The summed E-state index contributed by atoms with van der Waals surface area (Å²) < 4.78 is 7.19. The number of methoxy groups -OCH3 is 1. The minimum atomic E-state index is -0.289. The largest absolute Gasteiger partial charge is 0.508 e. The molecule has 0 bridgehead atoms. The fourth-order valence-corrected chi connectivity index (χ4v) is 3.91. The van der Waals surface area contributed by atoms with E-state index >= 15 is 0 Å². The first-order valence-electron chi connectivity index (χ1n) is 10.4. The van der Waals surface area contributed by atoms with E-state index in [1.54, 1.807) is 31.4 Å². The van der Waals surface area contributed by atoms with Gasteiger partial charge in [-0.25, -0.2) is 5.43 Å². The number of hydrogen-bond donors (Lipinski definition) is 2. The summed E-state index contributed by atoms with van der Waals surface area (Å²) in [6.45, 7) is 2.03. The zero-order valence-electron chi connectivity index (χ0n) is 18.7. The highest BCUT2D eigenvalue weighted by atomic mass is 32.2. The quantitative estimate of drug-likeness (QED) is 0.226. The summed E-state index contributed by atoms with van der Waals surface area (Å²) in [6, 6.07) is 22.2. The van der Waals surface area contributed by atoms with Gasteiger partial charge in [-0.1, -0.05) is 53.7 Å². The van der Waals surface area contributed by atoms with Crippen molar-refractivity contribution in [3.05, 3.63) is 83.9 Å². The van der Waals surface area contributed by atoms with E-state index in [0.717, 1.165) is 22.6 Å². The summed E-state index contributed by atoms with van der Waals surface area (Å²) in [5.74, 6) is 1.36.